The maximum absolute atomic E-state index is 12.5. The molecule has 0 saturated carbocycles. The summed E-state index contributed by atoms with van der Waals surface area (Å²) in [6.07, 6.45) is 4.89. The van der Waals surface area contributed by atoms with E-state index in [1.165, 1.54) is 18.1 Å². The number of hydrogen-bond acceptors (Lipinski definition) is 6. The molecule has 0 radical (unpaired) electrons. The monoisotopic (exact) mass is 382 g/mol. The van der Waals surface area contributed by atoms with Crippen LogP contribution in [0.1, 0.15) is 28.5 Å². The van der Waals surface area contributed by atoms with Crippen molar-refractivity contribution in [1.29, 1.82) is 0 Å². The molecular weight excluding hydrogens is 360 g/mol. The lowest BCUT2D eigenvalue weighted by Gasteiger charge is -2.11. The van der Waals surface area contributed by atoms with Crippen LogP contribution >= 0.6 is 0 Å². The summed E-state index contributed by atoms with van der Waals surface area (Å²) in [6, 6.07) is 7.80. The van der Waals surface area contributed by atoms with E-state index in [2.05, 4.69) is 36.7 Å². The molecule has 4 rings (SSSR count). The second-order valence-corrected chi connectivity index (χ2v) is 6.83. The molecule has 1 fully saturated rings. The number of carbonyl (C=O) groups excluding carboxylic acids is 2. The zero-order valence-electron chi connectivity index (χ0n) is 15.5. The minimum atomic E-state index is -0.524. The number of aromatic nitrogens is 4. The Morgan fingerprint density at radius 2 is 2.21 bits per heavy atom. The molecule has 3 aromatic rings. The van der Waals surface area contributed by atoms with Gasteiger partial charge in [0, 0.05) is 30.2 Å². The zero-order valence-corrected chi connectivity index (χ0v) is 15.5. The standard InChI is InChI=1S/C19H22N6O3/c1-28-19(27)17-11-25(24-23-17)13-8-16(22-10-13)18(26)20-7-6-12-9-21-15-5-3-2-4-14(12)15/h2-5,9,11,13,16,21-22H,6-8,10H2,1H3,(H,20,26)/t13-,16-/m0/s1. The Balaban J connectivity index is 1.29. The highest BCUT2D eigenvalue weighted by Crippen LogP contribution is 2.20. The molecule has 0 unspecified atom stereocenters. The summed E-state index contributed by atoms with van der Waals surface area (Å²) < 4.78 is 6.25. The minimum Gasteiger partial charge on any atom is -0.464 e. The number of amides is 1. The van der Waals surface area contributed by atoms with Crippen LogP contribution in [0.3, 0.4) is 0 Å². The fraction of sp³-hybridized carbons (Fsp3) is 0.368. The lowest BCUT2D eigenvalue weighted by molar-refractivity contribution is -0.122. The number of aromatic amines is 1. The Hall–Kier alpha value is -3.20. The molecule has 146 valence electrons. The van der Waals surface area contributed by atoms with Crippen LogP contribution in [0.25, 0.3) is 10.9 Å². The molecule has 2 atom stereocenters. The second kappa shape index (κ2) is 7.81. The maximum Gasteiger partial charge on any atom is 0.360 e. The van der Waals surface area contributed by atoms with Gasteiger partial charge in [0.2, 0.25) is 5.91 Å². The molecule has 1 aliphatic heterocycles. The Bertz CT molecular complexity index is 994. The van der Waals surface area contributed by atoms with Gasteiger partial charge >= 0.3 is 5.97 Å². The molecule has 9 heteroatoms. The Labute approximate surface area is 161 Å². The van der Waals surface area contributed by atoms with Crippen LogP contribution in [0.15, 0.2) is 36.7 Å². The smallest absolute Gasteiger partial charge is 0.360 e. The summed E-state index contributed by atoms with van der Waals surface area (Å²) in [4.78, 5) is 27.2. The molecule has 0 spiro atoms. The van der Waals surface area contributed by atoms with E-state index in [0.717, 1.165) is 11.9 Å². The normalized spacial score (nSPS) is 19.0. The van der Waals surface area contributed by atoms with Gasteiger partial charge in [-0.2, -0.15) is 0 Å². The molecule has 9 nitrogen and oxygen atoms in total. The van der Waals surface area contributed by atoms with Crippen molar-refractivity contribution in [3.8, 4) is 0 Å². The van der Waals surface area contributed by atoms with Gasteiger partial charge in [0.1, 0.15) is 0 Å². The number of fused-ring (bicyclic) bond motifs is 1. The van der Waals surface area contributed by atoms with Crippen molar-refractivity contribution < 1.29 is 14.3 Å². The first-order valence-corrected chi connectivity index (χ1v) is 9.22. The van der Waals surface area contributed by atoms with Crippen LogP contribution in [0, 0.1) is 0 Å². The van der Waals surface area contributed by atoms with Gasteiger partial charge in [0.25, 0.3) is 0 Å². The van der Waals surface area contributed by atoms with Crippen molar-refractivity contribution in [1.82, 2.24) is 30.6 Å². The van der Waals surface area contributed by atoms with Crippen molar-refractivity contribution >= 4 is 22.8 Å². The topological polar surface area (TPSA) is 114 Å². The van der Waals surface area contributed by atoms with Gasteiger partial charge in [-0.25, -0.2) is 9.48 Å². The van der Waals surface area contributed by atoms with E-state index in [4.69, 9.17) is 0 Å². The van der Waals surface area contributed by atoms with Crippen molar-refractivity contribution in [2.45, 2.75) is 24.9 Å². The average molecular weight is 382 g/mol. The number of carbonyl (C=O) groups is 2. The number of H-pyrrole nitrogens is 1. The van der Waals surface area contributed by atoms with Crippen LogP contribution in [0.5, 0.6) is 0 Å². The largest absolute Gasteiger partial charge is 0.464 e. The van der Waals surface area contributed by atoms with E-state index < -0.39 is 5.97 Å². The Kier molecular flexibility index (Phi) is 5.07. The lowest BCUT2D eigenvalue weighted by atomic mass is 10.1. The summed E-state index contributed by atoms with van der Waals surface area (Å²) in [7, 11) is 1.30. The van der Waals surface area contributed by atoms with Crippen LogP contribution in [-0.2, 0) is 16.0 Å². The SMILES string of the molecule is COC(=O)c1cn([C@@H]2CN[C@H](C(=O)NCCc3c[nH]c4ccccc34)C2)nn1. The number of hydrogen-bond donors (Lipinski definition) is 3. The van der Waals surface area contributed by atoms with E-state index >= 15 is 0 Å². The molecule has 1 aliphatic rings. The lowest BCUT2D eigenvalue weighted by Crippen LogP contribution is -2.41. The summed E-state index contributed by atoms with van der Waals surface area (Å²) in [5.74, 6) is -0.556. The predicted octanol–water partition coefficient (Wildman–Crippen LogP) is 0.808. The molecule has 0 bridgehead atoms. The third-order valence-electron chi connectivity index (χ3n) is 5.07. The molecule has 1 saturated heterocycles. The van der Waals surface area contributed by atoms with Gasteiger partial charge in [-0.1, -0.05) is 23.4 Å². The van der Waals surface area contributed by atoms with E-state index in [-0.39, 0.29) is 23.7 Å². The van der Waals surface area contributed by atoms with Gasteiger partial charge in [-0.15, -0.1) is 5.10 Å². The summed E-state index contributed by atoms with van der Waals surface area (Å²) in [6.45, 7) is 1.16. The highest BCUT2D eigenvalue weighted by atomic mass is 16.5. The first-order chi connectivity index (χ1) is 13.7. The third kappa shape index (κ3) is 3.61. The van der Waals surface area contributed by atoms with E-state index in [1.54, 1.807) is 10.9 Å². The summed E-state index contributed by atoms with van der Waals surface area (Å²) >= 11 is 0. The van der Waals surface area contributed by atoms with Crippen LogP contribution in [0.2, 0.25) is 0 Å². The van der Waals surface area contributed by atoms with Crippen molar-refractivity contribution in [2.24, 2.45) is 0 Å². The highest BCUT2D eigenvalue weighted by Gasteiger charge is 2.31. The Morgan fingerprint density at radius 1 is 1.36 bits per heavy atom. The molecular formula is C19H22N6O3. The molecule has 1 aromatic carbocycles. The number of methoxy groups -OCH3 is 1. The van der Waals surface area contributed by atoms with Gasteiger partial charge in [0.05, 0.1) is 25.4 Å². The second-order valence-electron chi connectivity index (χ2n) is 6.83. The average Bonchev–Trinajstić information content (AvgIpc) is 3.46. The molecule has 3 heterocycles. The van der Waals surface area contributed by atoms with Gasteiger partial charge < -0.3 is 20.4 Å². The predicted molar refractivity (Wildman–Crippen MR) is 102 cm³/mol. The van der Waals surface area contributed by atoms with Crippen molar-refractivity contribution in [3.63, 3.8) is 0 Å². The van der Waals surface area contributed by atoms with Crippen molar-refractivity contribution in [2.75, 3.05) is 20.2 Å². The number of ether oxygens (including phenoxy) is 1. The Morgan fingerprint density at radius 3 is 3.07 bits per heavy atom. The number of esters is 1. The fourth-order valence-corrected chi connectivity index (χ4v) is 3.55. The first-order valence-electron chi connectivity index (χ1n) is 9.22. The van der Waals surface area contributed by atoms with E-state index in [1.807, 2.05) is 24.4 Å². The fourth-order valence-electron chi connectivity index (χ4n) is 3.55. The minimum absolute atomic E-state index is 0.0318. The third-order valence-corrected chi connectivity index (χ3v) is 5.07. The van der Waals surface area contributed by atoms with E-state index in [0.29, 0.717) is 19.5 Å². The molecule has 1 amide bonds. The number of benzene rings is 1. The van der Waals surface area contributed by atoms with Crippen LogP contribution in [-0.4, -0.2) is 58.1 Å². The number of rotatable bonds is 6. The highest BCUT2D eigenvalue weighted by molar-refractivity contribution is 5.86. The summed E-state index contributed by atoms with van der Waals surface area (Å²) in [5.41, 5.74) is 2.45. The van der Waals surface area contributed by atoms with Gasteiger partial charge in [-0.3, -0.25) is 4.79 Å². The van der Waals surface area contributed by atoms with E-state index in [9.17, 15) is 9.59 Å². The first kappa shape index (κ1) is 18.2. The maximum atomic E-state index is 12.5. The van der Waals surface area contributed by atoms with Crippen molar-refractivity contribution in [3.05, 3.63) is 47.9 Å². The number of nitrogens with one attached hydrogen (secondary N) is 3. The number of para-hydroxylation sites is 1. The molecule has 0 aliphatic carbocycles. The molecule has 3 N–H and O–H groups in total. The quantitative estimate of drug-likeness (QED) is 0.544. The number of nitrogens with zero attached hydrogens (tertiary/aromatic N) is 3. The summed E-state index contributed by atoms with van der Waals surface area (Å²) in [5, 5.41) is 15.2. The van der Waals surface area contributed by atoms with Crippen LogP contribution in [0.4, 0.5) is 0 Å². The van der Waals surface area contributed by atoms with Gasteiger partial charge in [0.15, 0.2) is 5.69 Å². The van der Waals surface area contributed by atoms with Crippen LogP contribution < -0.4 is 10.6 Å². The molecule has 28 heavy (non-hydrogen) atoms. The zero-order chi connectivity index (χ0) is 19.5. The molecule has 2 aromatic heterocycles. The van der Waals surface area contributed by atoms with Gasteiger partial charge in [-0.05, 0) is 24.5 Å².